The molecule has 21 heteroatoms. The van der Waals surface area contributed by atoms with Gasteiger partial charge in [-0.3, -0.25) is 33.8 Å². The highest BCUT2D eigenvalue weighted by Crippen LogP contribution is 2.25. The van der Waals surface area contributed by atoms with Crippen molar-refractivity contribution in [2.24, 2.45) is 27.9 Å². The summed E-state index contributed by atoms with van der Waals surface area (Å²) >= 11 is 0. The number of guanidine groups is 1. The molecule has 1 aromatic rings. The Balaban J connectivity index is 1.86. The summed E-state index contributed by atoms with van der Waals surface area (Å²) in [4.78, 5) is 96.4. The lowest BCUT2D eigenvalue weighted by Crippen LogP contribution is -2.60. The lowest BCUT2D eigenvalue weighted by molar-refractivity contribution is -0.144. The van der Waals surface area contributed by atoms with Gasteiger partial charge in [0.15, 0.2) is 5.96 Å². The number of carboxylic acids is 1. The summed E-state index contributed by atoms with van der Waals surface area (Å²) in [6, 6.07) is -1.14. The third-order valence-electron chi connectivity index (χ3n) is 8.24. The van der Waals surface area contributed by atoms with Crippen LogP contribution in [0.25, 0.3) is 0 Å². The number of hydrogen-bond acceptors (Lipinski definition) is 12. The third kappa shape index (κ3) is 13.1. The Kier molecular flexibility index (Phi) is 16.3. The van der Waals surface area contributed by atoms with Crippen molar-refractivity contribution >= 4 is 69.0 Å². The van der Waals surface area contributed by atoms with Gasteiger partial charge in [0.2, 0.25) is 35.4 Å². The lowest BCUT2D eigenvalue weighted by Gasteiger charge is -2.31. The number of fused-ring (bicyclic) bond motifs is 1. The number of nitrogens with one attached hydrogen (secondary N) is 4. The molecule has 52 heavy (non-hydrogen) atoms. The highest BCUT2D eigenvalue weighted by Gasteiger charge is 2.40. The van der Waals surface area contributed by atoms with E-state index in [0.717, 1.165) is 21.6 Å². The Morgan fingerprint density at radius 1 is 1.00 bits per heavy atom. The summed E-state index contributed by atoms with van der Waals surface area (Å²) in [6.07, 6.45) is 0.585. The van der Waals surface area contributed by atoms with Crippen LogP contribution < -0.4 is 44.2 Å². The summed E-state index contributed by atoms with van der Waals surface area (Å²) in [5.74, 6) is -5.95. The maximum Gasteiger partial charge on any atom is 0.327 e. The zero-order chi connectivity index (χ0) is 38.4. The number of carbonyl (C=O) groups excluding carboxylic acids is 6. The van der Waals surface area contributed by atoms with Crippen molar-refractivity contribution in [2.75, 3.05) is 24.6 Å². The minimum atomic E-state index is -1.31. The standard InChI is InChI=1S/C31H46N10O9S2/c32-18(13-16-5-7-17(42)8-6-16)25(44)37-19(3-1-11-36-31(34)35)26(45)39-21-14-51-52-15-22(30(49)50)40-28(47)23-4-2-12-41(23)29(48)20(38-27(21)46)9-10-24(33)43/h5-8,18-23,42H,1-4,9-15,32H2,(H2,33,43)(H,37,44)(H,38,46)(H,39,45)(H,40,47)(H,49,50)(H4,34,35,36)/t18-,19-,20-,21-,22-,23-/m0/s1. The van der Waals surface area contributed by atoms with Crippen LogP contribution in [0.3, 0.4) is 0 Å². The number of aliphatic imine (C=N–C) groups is 1. The van der Waals surface area contributed by atoms with Gasteiger partial charge in [0, 0.05) is 31.0 Å². The molecule has 2 fully saturated rings. The van der Waals surface area contributed by atoms with E-state index >= 15 is 0 Å². The normalized spacial score (nSPS) is 22.4. The Bertz CT molecular complexity index is 1500. The summed E-state index contributed by atoms with van der Waals surface area (Å²) in [7, 11) is 2.08. The van der Waals surface area contributed by atoms with Gasteiger partial charge < -0.3 is 59.3 Å². The molecule has 0 aliphatic carbocycles. The third-order valence-corrected chi connectivity index (χ3v) is 10.7. The van der Waals surface area contributed by atoms with E-state index in [1.807, 2.05) is 0 Å². The second-order valence-electron chi connectivity index (χ2n) is 12.3. The molecule has 1 aromatic carbocycles. The van der Waals surface area contributed by atoms with Crippen molar-refractivity contribution in [1.29, 1.82) is 0 Å². The number of hydrogen-bond donors (Lipinski definition) is 10. The molecule has 6 atom stereocenters. The van der Waals surface area contributed by atoms with Crippen LogP contribution in [0.2, 0.25) is 0 Å². The number of carboxylic acid groups (broad SMARTS) is 1. The molecule has 0 aromatic heterocycles. The summed E-state index contributed by atoms with van der Waals surface area (Å²) in [5.41, 5.74) is 23.0. The van der Waals surface area contributed by atoms with E-state index in [2.05, 4.69) is 26.3 Å². The van der Waals surface area contributed by atoms with Crippen LogP contribution >= 0.6 is 21.6 Å². The number of nitrogens with two attached hydrogens (primary N) is 4. The van der Waals surface area contributed by atoms with Crippen LogP contribution in [0.5, 0.6) is 5.75 Å². The minimum absolute atomic E-state index is 0.0343. The Hall–Kier alpha value is -4.76. The lowest BCUT2D eigenvalue weighted by atomic mass is 10.0. The van der Waals surface area contributed by atoms with Crippen LogP contribution in [0.15, 0.2) is 29.3 Å². The van der Waals surface area contributed by atoms with Gasteiger partial charge in [-0.1, -0.05) is 33.7 Å². The number of aromatic hydroxyl groups is 1. The predicted octanol–water partition coefficient (Wildman–Crippen LogP) is -3.01. The molecular formula is C31H46N10O9S2. The van der Waals surface area contributed by atoms with Crippen molar-refractivity contribution in [1.82, 2.24) is 26.2 Å². The minimum Gasteiger partial charge on any atom is -0.508 e. The molecule has 2 aliphatic rings. The monoisotopic (exact) mass is 766 g/mol. The Morgan fingerprint density at radius 3 is 2.35 bits per heavy atom. The molecule has 286 valence electrons. The van der Waals surface area contributed by atoms with E-state index in [4.69, 9.17) is 22.9 Å². The molecular weight excluding hydrogens is 721 g/mol. The maximum atomic E-state index is 13.8. The number of aliphatic carboxylic acids is 1. The number of benzene rings is 1. The van der Waals surface area contributed by atoms with E-state index in [1.54, 1.807) is 12.1 Å². The topological polar surface area (TPSA) is 328 Å². The fourth-order valence-corrected chi connectivity index (χ4v) is 7.80. The average Bonchev–Trinajstić information content (AvgIpc) is 3.58. The van der Waals surface area contributed by atoms with Crippen LogP contribution in [-0.2, 0) is 40.0 Å². The molecule has 6 amide bonds. The first-order valence-electron chi connectivity index (χ1n) is 16.5. The zero-order valence-electron chi connectivity index (χ0n) is 28.3. The average molecular weight is 767 g/mol. The number of nitrogens with zero attached hydrogens (tertiary/aromatic N) is 2. The molecule has 0 unspecified atom stereocenters. The molecule has 2 heterocycles. The van der Waals surface area contributed by atoms with Gasteiger partial charge in [0.05, 0.1) is 6.04 Å². The van der Waals surface area contributed by atoms with Crippen molar-refractivity contribution in [3.8, 4) is 5.75 Å². The largest absolute Gasteiger partial charge is 0.508 e. The molecule has 14 N–H and O–H groups in total. The fourth-order valence-electron chi connectivity index (χ4n) is 5.48. The van der Waals surface area contributed by atoms with Crippen molar-refractivity contribution < 1.29 is 43.8 Å². The SMILES string of the molecule is NC(=O)CC[C@@H]1NC(=O)[C@@H](NC(=O)[C@H](CCCN=C(N)N)NC(=O)[C@@H](N)Cc2ccc(O)cc2)CSSC[C@@H](C(=O)O)NC(=O)[C@@H]2CCCN2C1=O. The molecule has 0 saturated carbocycles. The summed E-state index contributed by atoms with van der Waals surface area (Å²) in [6.45, 7) is 0.277. The summed E-state index contributed by atoms with van der Waals surface area (Å²) < 4.78 is 0. The first-order valence-corrected chi connectivity index (χ1v) is 19.0. The zero-order valence-corrected chi connectivity index (χ0v) is 30.0. The van der Waals surface area contributed by atoms with Crippen LogP contribution in [0.4, 0.5) is 0 Å². The molecule has 0 spiro atoms. The van der Waals surface area contributed by atoms with Crippen LogP contribution in [0, 0.1) is 0 Å². The fraction of sp³-hybridized carbons (Fsp3) is 0.548. The number of phenols is 1. The van der Waals surface area contributed by atoms with Gasteiger partial charge >= 0.3 is 5.97 Å². The number of primary amides is 1. The highest BCUT2D eigenvalue weighted by atomic mass is 33.1. The smallest absolute Gasteiger partial charge is 0.327 e. The number of carbonyl (C=O) groups is 7. The second-order valence-corrected chi connectivity index (χ2v) is 14.8. The van der Waals surface area contributed by atoms with Gasteiger partial charge in [0.1, 0.15) is 36.0 Å². The van der Waals surface area contributed by atoms with Crippen LogP contribution in [0.1, 0.15) is 44.1 Å². The van der Waals surface area contributed by atoms with Gasteiger partial charge in [-0.05, 0) is 56.2 Å². The number of rotatable bonds is 14. The maximum absolute atomic E-state index is 13.8. The van der Waals surface area contributed by atoms with E-state index < -0.39 is 77.7 Å². The predicted molar refractivity (Wildman–Crippen MR) is 193 cm³/mol. The van der Waals surface area contributed by atoms with E-state index in [-0.39, 0.29) is 74.8 Å². The molecule has 0 bridgehead atoms. The second kappa shape index (κ2) is 20.3. The first kappa shape index (κ1) is 41.7. The van der Waals surface area contributed by atoms with E-state index in [1.165, 1.54) is 17.0 Å². The van der Waals surface area contributed by atoms with Crippen LogP contribution in [-0.4, -0.2) is 123 Å². The van der Waals surface area contributed by atoms with Crippen molar-refractivity contribution in [2.45, 2.75) is 81.2 Å². The van der Waals surface area contributed by atoms with Crippen molar-refractivity contribution in [3.05, 3.63) is 29.8 Å². The summed E-state index contributed by atoms with van der Waals surface area (Å²) in [5, 5.41) is 29.7. The molecule has 2 aliphatic heterocycles. The first-order chi connectivity index (χ1) is 24.7. The van der Waals surface area contributed by atoms with E-state index in [9.17, 15) is 43.8 Å². The van der Waals surface area contributed by atoms with Gasteiger partial charge in [-0.25, -0.2) is 4.79 Å². The number of phenolic OH excluding ortho intramolecular Hbond substituents is 1. The molecule has 2 saturated heterocycles. The van der Waals surface area contributed by atoms with Gasteiger partial charge in [-0.2, -0.15) is 0 Å². The Labute approximate surface area is 307 Å². The van der Waals surface area contributed by atoms with Gasteiger partial charge in [-0.15, -0.1) is 0 Å². The number of amides is 6. The molecule has 3 rings (SSSR count). The highest BCUT2D eigenvalue weighted by molar-refractivity contribution is 8.76. The van der Waals surface area contributed by atoms with Gasteiger partial charge in [0.25, 0.3) is 0 Å². The molecule has 0 radical (unpaired) electrons. The van der Waals surface area contributed by atoms with Crippen molar-refractivity contribution in [3.63, 3.8) is 0 Å². The quantitative estimate of drug-likeness (QED) is 0.0390. The molecule has 19 nitrogen and oxygen atoms in total. The van der Waals surface area contributed by atoms with E-state index in [0.29, 0.717) is 12.0 Å². The Morgan fingerprint density at radius 2 is 1.69 bits per heavy atom.